The summed E-state index contributed by atoms with van der Waals surface area (Å²) in [6, 6.07) is 4.76. The molecular weight excluding hydrogens is 206 g/mol. The van der Waals surface area contributed by atoms with Crippen LogP contribution >= 0.6 is 12.4 Å². The molecule has 1 unspecified atom stereocenters. The Balaban J connectivity index is 0.000000980. The lowest BCUT2D eigenvalue weighted by molar-refractivity contribution is 0.0964. The molecule has 0 spiro atoms. The van der Waals surface area contributed by atoms with Gasteiger partial charge in [0.15, 0.2) is 11.5 Å². The van der Waals surface area contributed by atoms with Gasteiger partial charge in [-0.2, -0.15) is 0 Å². The summed E-state index contributed by atoms with van der Waals surface area (Å²) in [5.41, 5.74) is 5.43. The first-order valence-electron chi connectivity index (χ1n) is 4.12. The van der Waals surface area contributed by atoms with Crippen molar-refractivity contribution in [2.75, 3.05) is 13.2 Å². The monoisotopic (exact) mass is 217 g/mol. The largest absolute Gasteiger partial charge is 0.508 e. The quantitative estimate of drug-likeness (QED) is 0.734. The Kier molecular flexibility index (Phi) is 3.43. The summed E-state index contributed by atoms with van der Waals surface area (Å²) in [5, 5.41) is 9.18. The number of phenols is 1. The van der Waals surface area contributed by atoms with Crippen LogP contribution in [0.5, 0.6) is 17.2 Å². The van der Waals surface area contributed by atoms with Crippen LogP contribution in [0.15, 0.2) is 18.2 Å². The summed E-state index contributed by atoms with van der Waals surface area (Å²) in [6.07, 6.45) is -0.116. The molecule has 1 aliphatic heterocycles. The highest BCUT2D eigenvalue weighted by Gasteiger charge is 2.19. The standard InChI is InChI=1S/C9H11NO3.ClH/c10-4-7-5-12-8-2-1-6(11)3-9(8)13-7;/h1-3,7,11H,4-5,10H2;1H. The van der Waals surface area contributed by atoms with Crippen molar-refractivity contribution in [2.45, 2.75) is 6.10 Å². The zero-order valence-electron chi connectivity index (χ0n) is 7.47. The predicted octanol–water partition coefficient (Wildman–Crippen LogP) is 0.912. The molecule has 0 saturated heterocycles. The third-order valence-electron chi connectivity index (χ3n) is 1.91. The second-order valence-electron chi connectivity index (χ2n) is 2.92. The van der Waals surface area contributed by atoms with Crippen molar-refractivity contribution in [1.82, 2.24) is 0 Å². The van der Waals surface area contributed by atoms with E-state index < -0.39 is 0 Å². The van der Waals surface area contributed by atoms with E-state index in [1.807, 2.05) is 0 Å². The van der Waals surface area contributed by atoms with Crippen LogP contribution < -0.4 is 15.2 Å². The van der Waals surface area contributed by atoms with Crippen molar-refractivity contribution in [2.24, 2.45) is 5.73 Å². The number of halogens is 1. The average molecular weight is 218 g/mol. The number of phenolic OH excluding ortho intramolecular Hbond substituents is 1. The third-order valence-corrected chi connectivity index (χ3v) is 1.91. The van der Waals surface area contributed by atoms with Crippen molar-refractivity contribution in [3.05, 3.63) is 18.2 Å². The Morgan fingerprint density at radius 1 is 1.43 bits per heavy atom. The number of nitrogens with two attached hydrogens (primary N) is 1. The maximum absolute atomic E-state index is 9.18. The summed E-state index contributed by atoms with van der Waals surface area (Å²) in [5.74, 6) is 1.38. The lowest BCUT2D eigenvalue weighted by atomic mass is 10.2. The predicted molar refractivity (Wildman–Crippen MR) is 54.3 cm³/mol. The van der Waals surface area contributed by atoms with Crippen LogP contribution in [0.1, 0.15) is 0 Å². The van der Waals surface area contributed by atoms with Gasteiger partial charge in [-0.1, -0.05) is 0 Å². The Hall–Kier alpha value is -1.13. The first-order chi connectivity index (χ1) is 6.29. The number of fused-ring (bicyclic) bond motifs is 1. The minimum atomic E-state index is -0.116. The number of ether oxygens (including phenoxy) is 2. The maximum atomic E-state index is 9.18. The number of benzene rings is 1. The smallest absolute Gasteiger partial charge is 0.165 e. The number of rotatable bonds is 1. The minimum absolute atomic E-state index is 0. The molecule has 2 rings (SSSR count). The average Bonchev–Trinajstić information content (AvgIpc) is 2.16. The Labute approximate surface area is 88.0 Å². The van der Waals surface area contributed by atoms with Gasteiger partial charge in [0.25, 0.3) is 0 Å². The SMILES string of the molecule is Cl.NCC1COc2ccc(O)cc2O1. The molecule has 1 atom stereocenters. The van der Waals surface area contributed by atoms with Crippen LogP contribution in [0.25, 0.3) is 0 Å². The van der Waals surface area contributed by atoms with Crippen LogP contribution in [0.4, 0.5) is 0 Å². The molecule has 0 aliphatic carbocycles. The van der Waals surface area contributed by atoms with Gasteiger partial charge < -0.3 is 20.3 Å². The zero-order chi connectivity index (χ0) is 9.26. The second kappa shape index (κ2) is 4.39. The van der Waals surface area contributed by atoms with Crippen LogP contribution in [0, 0.1) is 0 Å². The molecule has 0 amide bonds. The summed E-state index contributed by atoms with van der Waals surface area (Å²) in [4.78, 5) is 0. The van der Waals surface area contributed by atoms with E-state index in [2.05, 4.69) is 0 Å². The van der Waals surface area contributed by atoms with Crippen molar-refractivity contribution in [3.63, 3.8) is 0 Å². The first kappa shape index (κ1) is 10.9. The van der Waals surface area contributed by atoms with E-state index >= 15 is 0 Å². The molecule has 0 bridgehead atoms. The normalized spacial score (nSPS) is 18.5. The molecule has 0 aromatic heterocycles. The van der Waals surface area contributed by atoms with E-state index in [9.17, 15) is 5.11 Å². The van der Waals surface area contributed by atoms with Gasteiger partial charge in [-0.05, 0) is 12.1 Å². The van der Waals surface area contributed by atoms with Crippen molar-refractivity contribution >= 4 is 12.4 Å². The van der Waals surface area contributed by atoms with Gasteiger partial charge in [0, 0.05) is 12.6 Å². The highest BCUT2D eigenvalue weighted by molar-refractivity contribution is 5.85. The molecule has 4 nitrogen and oxygen atoms in total. The van der Waals surface area contributed by atoms with Gasteiger partial charge >= 0.3 is 0 Å². The van der Waals surface area contributed by atoms with Crippen molar-refractivity contribution in [3.8, 4) is 17.2 Å². The maximum Gasteiger partial charge on any atom is 0.165 e. The van der Waals surface area contributed by atoms with Gasteiger partial charge in [0.1, 0.15) is 18.5 Å². The zero-order valence-corrected chi connectivity index (χ0v) is 8.29. The van der Waals surface area contributed by atoms with E-state index in [4.69, 9.17) is 15.2 Å². The minimum Gasteiger partial charge on any atom is -0.508 e. The first-order valence-corrected chi connectivity index (χ1v) is 4.12. The van der Waals surface area contributed by atoms with Crippen molar-refractivity contribution in [1.29, 1.82) is 0 Å². The van der Waals surface area contributed by atoms with Crippen LogP contribution in [-0.2, 0) is 0 Å². The number of hydrogen-bond acceptors (Lipinski definition) is 4. The molecule has 0 saturated carbocycles. The summed E-state index contributed by atoms with van der Waals surface area (Å²) >= 11 is 0. The summed E-state index contributed by atoms with van der Waals surface area (Å²) < 4.78 is 10.8. The fraction of sp³-hybridized carbons (Fsp3) is 0.333. The summed E-state index contributed by atoms with van der Waals surface area (Å²) in [6.45, 7) is 0.878. The van der Waals surface area contributed by atoms with E-state index in [1.54, 1.807) is 12.1 Å². The van der Waals surface area contributed by atoms with Gasteiger partial charge in [0.05, 0.1) is 0 Å². The van der Waals surface area contributed by atoms with Gasteiger partial charge in [0.2, 0.25) is 0 Å². The molecule has 1 aromatic rings. The fourth-order valence-corrected chi connectivity index (χ4v) is 1.22. The molecule has 0 fully saturated rings. The molecular formula is C9H12ClNO3. The lowest BCUT2D eigenvalue weighted by Crippen LogP contribution is -2.35. The topological polar surface area (TPSA) is 64.7 Å². The molecule has 1 heterocycles. The van der Waals surface area contributed by atoms with E-state index in [-0.39, 0.29) is 24.3 Å². The van der Waals surface area contributed by atoms with E-state index in [1.165, 1.54) is 6.07 Å². The Morgan fingerprint density at radius 3 is 2.93 bits per heavy atom. The molecule has 0 radical (unpaired) electrons. The summed E-state index contributed by atoms with van der Waals surface area (Å²) in [7, 11) is 0. The van der Waals surface area contributed by atoms with Crippen LogP contribution in [0.3, 0.4) is 0 Å². The van der Waals surface area contributed by atoms with Gasteiger partial charge in [-0.3, -0.25) is 0 Å². The molecule has 1 aliphatic rings. The highest BCUT2D eigenvalue weighted by atomic mass is 35.5. The van der Waals surface area contributed by atoms with E-state index in [0.29, 0.717) is 24.7 Å². The Bertz CT molecular complexity index is 319. The third kappa shape index (κ3) is 2.02. The molecule has 78 valence electrons. The molecule has 5 heteroatoms. The lowest BCUT2D eigenvalue weighted by Gasteiger charge is -2.25. The van der Waals surface area contributed by atoms with Gasteiger partial charge in [-0.25, -0.2) is 0 Å². The van der Waals surface area contributed by atoms with E-state index in [0.717, 1.165) is 0 Å². The Morgan fingerprint density at radius 2 is 2.21 bits per heavy atom. The number of aromatic hydroxyl groups is 1. The molecule has 14 heavy (non-hydrogen) atoms. The fourth-order valence-electron chi connectivity index (χ4n) is 1.22. The van der Waals surface area contributed by atoms with Gasteiger partial charge in [-0.15, -0.1) is 12.4 Å². The molecule has 1 aromatic carbocycles. The highest BCUT2D eigenvalue weighted by Crippen LogP contribution is 2.34. The molecule has 3 N–H and O–H groups in total. The number of hydrogen-bond donors (Lipinski definition) is 2. The van der Waals surface area contributed by atoms with Crippen LogP contribution in [0.2, 0.25) is 0 Å². The van der Waals surface area contributed by atoms with Crippen LogP contribution in [-0.4, -0.2) is 24.4 Å². The second-order valence-corrected chi connectivity index (χ2v) is 2.92. The van der Waals surface area contributed by atoms with Crippen molar-refractivity contribution < 1.29 is 14.6 Å².